The molecule has 0 saturated heterocycles. The Kier molecular flexibility index (Phi) is 5.95. The van der Waals surface area contributed by atoms with Crippen molar-refractivity contribution in [3.63, 3.8) is 0 Å². The predicted molar refractivity (Wildman–Crippen MR) is 174 cm³/mol. The van der Waals surface area contributed by atoms with E-state index in [2.05, 4.69) is 64.2 Å². The van der Waals surface area contributed by atoms with Gasteiger partial charge in [-0.25, -0.2) is 0 Å². The fourth-order valence-electron chi connectivity index (χ4n) is 5.36. The van der Waals surface area contributed by atoms with Crippen LogP contribution >= 0.6 is 57.9 Å². The minimum Gasteiger partial charge on any atom is -0.281 e. The van der Waals surface area contributed by atoms with E-state index < -0.39 is 0 Å². The molecule has 9 heteroatoms. The Balaban J connectivity index is 1.17. The van der Waals surface area contributed by atoms with Gasteiger partial charge in [-0.05, 0) is 84.9 Å². The number of fused-ring (bicyclic) bond motifs is 3. The van der Waals surface area contributed by atoms with Gasteiger partial charge < -0.3 is 0 Å². The summed E-state index contributed by atoms with van der Waals surface area (Å²) in [6, 6.07) is 24.9. The normalized spacial score (nSPS) is 16.1. The minimum absolute atomic E-state index is 0.0579. The fourth-order valence-corrected chi connectivity index (χ4v) is 9.88. The first-order valence-electron chi connectivity index (χ1n) is 12.8. The summed E-state index contributed by atoms with van der Waals surface area (Å²) in [5.74, 6) is 0. The van der Waals surface area contributed by atoms with Gasteiger partial charge in [0.15, 0.2) is 0 Å². The molecule has 41 heavy (non-hydrogen) atoms. The molecule has 2 aliphatic heterocycles. The van der Waals surface area contributed by atoms with Gasteiger partial charge in [0.1, 0.15) is 11.0 Å². The number of rotatable bonds is 3. The lowest BCUT2D eigenvalue weighted by Gasteiger charge is -2.06. The first kappa shape index (κ1) is 25.4. The van der Waals surface area contributed by atoms with Crippen LogP contribution in [0.25, 0.3) is 53.5 Å². The van der Waals surface area contributed by atoms with Crippen molar-refractivity contribution in [2.45, 2.75) is 23.6 Å². The van der Waals surface area contributed by atoms with E-state index in [1.165, 1.54) is 45.0 Å². The van der Waals surface area contributed by atoms with Gasteiger partial charge in [0.2, 0.25) is 10.2 Å². The van der Waals surface area contributed by atoms with Crippen LogP contribution in [0.3, 0.4) is 0 Å². The Bertz CT molecular complexity index is 2130. The summed E-state index contributed by atoms with van der Waals surface area (Å²) in [7, 11) is 0. The smallest absolute Gasteiger partial charge is 0.225 e. The van der Waals surface area contributed by atoms with Crippen molar-refractivity contribution in [2.75, 3.05) is 0 Å². The lowest BCUT2D eigenvalue weighted by Crippen LogP contribution is -1.99. The quantitative estimate of drug-likeness (QED) is 0.183. The second-order valence-electron chi connectivity index (χ2n) is 9.94. The molecule has 0 saturated carbocycles. The van der Waals surface area contributed by atoms with Crippen molar-refractivity contribution in [1.82, 2.24) is 8.75 Å². The van der Waals surface area contributed by atoms with E-state index in [1.54, 1.807) is 22.7 Å². The van der Waals surface area contributed by atoms with E-state index in [0.29, 0.717) is 11.1 Å². The monoisotopic (exact) mass is 622 g/mol. The molecule has 0 N–H and O–H groups in total. The summed E-state index contributed by atoms with van der Waals surface area (Å²) < 4.78 is 9.31. The SMILES string of the molecule is Cc1ccc2c(c1)SC(=O)/C2=C1/C(=O)Sc2cc(-c3ccc(-c4ccc(-c5ccc(C)s5)c5nsnc45)s3)ccc21. The third-order valence-electron chi connectivity index (χ3n) is 7.30. The third kappa shape index (κ3) is 4.10. The van der Waals surface area contributed by atoms with Gasteiger partial charge in [0, 0.05) is 62.7 Å². The second-order valence-corrected chi connectivity index (χ2v) is 14.9. The first-order chi connectivity index (χ1) is 19.9. The largest absolute Gasteiger partial charge is 0.281 e. The standard InChI is InChI=1S/C32H18N2O2S5/c1-15-3-6-18-25(13-15)39-31(35)27(18)28-19-7-5-17(14-26(19)40-32(28)36)22-11-12-24(38-22)21-9-8-20(23-10-4-16(2)37-23)29-30(21)34-41-33-29/h3-14H,1-2H3/b28-27+. The molecule has 0 atom stereocenters. The van der Waals surface area contributed by atoms with Crippen molar-refractivity contribution in [3.8, 4) is 31.3 Å². The maximum absolute atomic E-state index is 13.2. The molecule has 2 aliphatic rings. The molecular formula is C32H18N2O2S5. The van der Waals surface area contributed by atoms with Crippen molar-refractivity contribution < 1.29 is 9.59 Å². The number of hydrogen-bond acceptors (Lipinski definition) is 9. The highest BCUT2D eigenvalue weighted by atomic mass is 32.2. The topological polar surface area (TPSA) is 59.9 Å². The zero-order valence-corrected chi connectivity index (χ0v) is 25.8. The Hall–Kier alpha value is -3.34. The molecule has 0 unspecified atom stereocenters. The van der Waals surface area contributed by atoms with Gasteiger partial charge in [-0.2, -0.15) is 8.75 Å². The summed E-state index contributed by atoms with van der Waals surface area (Å²) in [6.45, 7) is 4.13. The number of thiophene rings is 2. The molecule has 6 aromatic rings. The molecule has 3 aromatic carbocycles. The number of benzene rings is 3. The fraction of sp³-hybridized carbons (Fsp3) is 0.0625. The average molecular weight is 623 g/mol. The molecule has 4 nitrogen and oxygen atoms in total. The van der Waals surface area contributed by atoms with Crippen LogP contribution in [-0.4, -0.2) is 19.0 Å². The highest BCUT2D eigenvalue weighted by molar-refractivity contribution is 8.16. The van der Waals surface area contributed by atoms with E-state index >= 15 is 0 Å². The predicted octanol–water partition coefficient (Wildman–Crippen LogP) is 9.61. The Labute approximate surface area is 256 Å². The number of nitrogens with zero attached hydrogens (tertiary/aromatic N) is 2. The second kappa shape index (κ2) is 9.61. The molecule has 0 amide bonds. The average Bonchev–Trinajstić information content (AvgIpc) is 3.78. The molecule has 0 fully saturated rings. The van der Waals surface area contributed by atoms with Crippen molar-refractivity contribution >= 4 is 90.3 Å². The summed E-state index contributed by atoms with van der Waals surface area (Å²) >= 11 is 7.14. The molecule has 0 aliphatic carbocycles. The van der Waals surface area contributed by atoms with Crippen LogP contribution in [0.4, 0.5) is 0 Å². The third-order valence-corrected chi connectivity index (χ3v) is 11.9. The number of carbonyl (C=O) groups excluding carboxylic acids is 2. The van der Waals surface area contributed by atoms with Gasteiger partial charge in [-0.1, -0.05) is 36.4 Å². The summed E-state index contributed by atoms with van der Waals surface area (Å²) in [4.78, 5) is 32.8. The van der Waals surface area contributed by atoms with E-state index in [4.69, 9.17) is 0 Å². The van der Waals surface area contributed by atoms with Crippen molar-refractivity contribution in [3.05, 3.63) is 94.4 Å². The van der Waals surface area contributed by atoms with Crippen LogP contribution in [0, 0.1) is 13.8 Å². The highest BCUT2D eigenvalue weighted by Gasteiger charge is 2.36. The number of carbonyl (C=O) groups is 2. The molecule has 0 radical (unpaired) electrons. The molecule has 5 heterocycles. The molecule has 0 bridgehead atoms. The van der Waals surface area contributed by atoms with Gasteiger partial charge >= 0.3 is 0 Å². The molecule has 8 rings (SSSR count). The van der Waals surface area contributed by atoms with Crippen LogP contribution in [0.2, 0.25) is 0 Å². The zero-order chi connectivity index (χ0) is 27.8. The van der Waals surface area contributed by atoms with Crippen LogP contribution in [0.5, 0.6) is 0 Å². The lowest BCUT2D eigenvalue weighted by molar-refractivity contribution is -0.107. The van der Waals surface area contributed by atoms with E-state index in [9.17, 15) is 9.59 Å². The van der Waals surface area contributed by atoms with Gasteiger partial charge in [-0.3, -0.25) is 9.59 Å². The zero-order valence-electron chi connectivity index (χ0n) is 21.7. The lowest BCUT2D eigenvalue weighted by atomic mass is 9.95. The van der Waals surface area contributed by atoms with Gasteiger partial charge in [0.25, 0.3) is 0 Å². The molecule has 0 spiro atoms. The van der Waals surface area contributed by atoms with E-state index in [0.717, 1.165) is 64.0 Å². The summed E-state index contributed by atoms with van der Waals surface area (Å²) in [6.07, 6.45) is 0. The van der Waals surface area contributed by atoms with Crippen LogP contribution in [0.15, 0.2) is 82.6 Å². The summed E-state index contributed by atoms with van der Waals surface area (Å²) in [5.41, 5.74) is 8.97. The van der Waals surface area contributed by atoms with E-state index in [-0.39, 0.29) is 10.2 Å². The van der Waals surface area contributed by atoms with E-state index in [1.807, 2.05) is 31.2 Å². The highest BCUT2D eigenvalue weighted by Crippen LogP contribution is 2.51. The first-order valence-corrected chi connectivity index (χ1v) is 16.8. The van der Waals surface area contributed by atoms with Gasteiger partial charge in [0.05, 0.1) is 11.7 Å². The Morgan fingerprint density at radius 1 is 0.561 bits per heavy atom. The number of thioether (sulfide) groups is 2. The van der Waals surface area contributed by atoms with Crippen LogP contribution in [-0.2, 0) is 9.59 Å². The maximum Gasteiger partial charge on any atom is 0.225 e. The molecule has 3 aromatic heterocycles. The van der Waals surface area contributed by atoms with Crippen molar-refractivity contribution in [2.24, 2.45) is 0 Å². The minimum atomic E-state index is -0.0687. The van der Waals surface area contributed by atoms with Gasteiger partial charge in [-0.15, -0.1) is 22.7 Å². The molecular weight excluding hydrogens is 605 g/mol. The number of hydrogen-bond donors (Lipinski definition) is 0. The Morgan fingerprint density at radius 3 is 1.78 bits per heavy atom. The number of aryl methyl sites for hydroxylation is 2. The molecule has 198 valence electrons. The Morgan fingerprint density at radius 2 is 1.12 bits per heavy atom. The summed E-state index contributed by atoms with van der Waals surface area (Å²) in [5, 5.41) is -0.127. The van der Waals surface area contributed by atoms with Crippen molar-refractivity contribution in [1.29, 1.82) is 0 Å². The number of aromatic nitrogens is 2. The van der Waals surface area contributed by atoms with Crippen LogP contribution in [0.1, 0.15) is 21.6 Å². The van der Waals surface area contributed by atoms with Crippen LogP contribution < -0.4 is 0 Å². The maximum atomic E-state index is 13.2.